The highest BCUT2D eigenvalue weighted by molar-refractivity contribution is 5.07. The Labute approximate surface area is 54.9 Å². The fourth-order valence-electron chi connectivity index (χ4n) is 0.969. The van der Waals surface area contributed by atoms with Gasteiger partial charge in [0.1, 0.15) is 0 Å². The van der Waals surface area contributed by atoms with E-state index >= 15 is 0 Å². The molecular formula is C6H13N3. The van der Waals surface area contributed by atoms with E-state index in [9.17, 15) is 0 Å². The van der Waals surface area contributed by atoms with Crippen LogP contribution in [0.15, 0.2) is 11.8 Å². The summed E-state index contributed by atoms with van der Waals surface area (Å²) in [6, 6.07) is 0.173. The van der Waals surface area contributed by atoms with Crippen molar-refractivity contribution in [1.82, 2.24) is 0 Å². The summed E-state index contributed by atoms with van der Waals surface area (Å²) in [4.78, 5) is 0. The molecule has 1 rings (SSSR count). The lowest BCUT2D eigenvalue weighted by molar-refractivity contribution is 0.500. The normalized spacial score (nSPS) is 36.0. The molecule has 0 aliphatic heterocycles. The molecule has 6 N–H and O–H groups in total. The molecule has 0 saturated heterocycles. The van der Waals surface area contributed by atoms with E-state index in [1.54, 1.807) is 0 Å². The summed E-state index contributed by atoms with van der Waals surface area (Å²) in [5, 5.41) is 0. The van der Waals surface area contributed by atoms with E-state index in [-0.39, 0.29) is 12.1 Å². The van der Waals surface area contributed by atoms with E-state index in [0.717, 1.165) is 18.5 Å². The lowest BCUT2D eigenvalue weighted by Crippen LogP contribution is -2.43. The Morgan fingerprint density at radius 1 is 1.33 bits per heavy atom. The van der Waals surface area contributed by atoms with Crippen molar-refractivity contribution < 1.29 is 0 Å². The van der Waals surface area contributed by atoms with E-state index in [4.69, 9.17) is 17.2 Å². The molecule has 1 aliphatic carbocycles. The summed E-state index contributed by atoms with van der Waals surface area (Å²) < 4.78 is 0. The average Bonchev–Trinajstić information content (AvgIpc) is 1.80. The Morgan fingerprint density at radius 3 is 2.44 bits per heavy atom. The fraction of sp³-hybridized carbons (Fsp3) is 0.667. The van der Waals surface area contributed by atoms with Gasteiger partial charge in [-0.1, -0.05) is 6.08 Å². The van der Waals surface area contributed by atoms with Crippen molar-refractivity contribution in [3.8, 4) is 0 Å². The molecule has 0 amide bonds. The van der Waals surface area contributed by atoms with Gasteiger partial charge in [-0.05, 0) is 6.42 Å². The summed E-state index contributed by atoms with van der Waals surface area (Å²) in [6.07, 6.45) is 3.53. The molecule has 0 heterocycles. The van der Waals surface area contributed by atoms with Crippen molar-refractivity contribution in [2.45, 2.75) is 24.9 Å². The third kappa shape index (κ3) is 1.43. The van der Waals surface area contributed by atoms with Gasteiger partial charge in [-0.15, -0.1) is 0 Å². The van der Waals surface area contributed by atoms with Crippen LogP contribution in [-0.2, 0) is 0 Å². The molecular weight excluding hydrogens is 114 g/mol. The first kappa shape index (κ1) is 6.58. The summed E-state index contributed by atoms with van der Waals surface area (Å²) in [5.74, 6) is 0. The Morgan fingerprint density at radius 2 is 2.00 bits per heavy atom. The maximum atomic E-state index is 5.62. The molecule has 0 aromatic carbocycles. The fourth-order valence-corrected chi connectivity index (χ4v) is 0.969. The van der Waals surface area contributed by atoms with Crippen molar-refractivity contribution in [3.05, 3.63) is 11.8 Å². The Kier molecular flexibility index (Phi) is 1.73. The van der Waals surface area contributed by atoms with Crippen LogP contribution in [-0.4, -0.2) is 12.1 Å². The van der Waals surface area contributed by atoms with Crippen LogP contribution in [0.4, 0.5) is 0 Å². The van der Waals surface area contributed by atoms with Crippen LogP contribution < -0.4 is 17.2 Å². The molecule has 3 heteroatoms. The smallest absolute Gasteiger partial charge is 0.0250 e. The molecule has 0 saturated carbocycles. The van der Waals surface area contributed by atoms with E-state index in [1.807, 2.05) is 6.08 Å². The van der Waals surface area contributed by atoms with Crippen LogP contribution in [0, 0.1) is 0 Å². The largest absolute Gasteiger partial charge is 0.402 e. The zero-order valence-electron chi connectivity index (χ0n) is 5.38. The molecule has 2 atom stereocenters. The van der Waals surface area contributed by atoms with E-state index < -0.39 is 0 Å². The van der Waals surface area contributed by atoms with Crippen molar-refractivity contribution in [2.24, 2.45) is 17.2 Å². The number of hydrogen-bond donors (Lipinski definition) is 3. The first-order chi connectivity index (χ1) is 4.20. The molecule has 2 unspecified atom stereocenters. The van der Waals surface area contributed by atoms with Crippen LogP contribution in [0.3, 0.4) is 0 Å². The molecule has 0 fully saturated rings. The van der Waals surface area contributed by atoms with Crippen molar-refractivity contribution in [1.29, 1.82) is 0 Å². The van der Waals surface area contributed by atoms with Gasteiger partial charge in [-0.25, -0.2) is 0 Å². The predicted octanol–water partition coefficient (Wildman–Crippen LogP) is -0.723. The minimum Gasteiger partial charge on any atom is -0.402 e. The second-order valence-electron chi connectivity index (χ2n) is 2.55. The van der Waals surface area contributed by atoms with E-state index in [1.165, 1.54) is 0 Å². The molecule has 0 aromatic heterocycles. The summed E-state index contributed by atoms with van der Waals surface area (Å²) in [7, 11) is 0. The minimum absolute atomic E-state index is 0.0648. The average molecular weight is 127 g/mol. The standard InChI is InChI=1S/C6H13N3/c7-4-1-2-5(8)6(9)3-4/h1,5-6H,2-3,7-9H2. The van der Waals surface area contributed by atoms with Crippen LogP contribution >= 0.6 is 0 Å². The van der Waals surface area contributed by atoms with Gasteiger partial charge in [0.2, 0.25) is 0 Å². The molecule has 0 spiro atoms. The van der Waals surface area contributed by atoms with Crippen molar-refractivity contribution in [2.75, 3.05) is 0 Å². The SMILES string of the molecule is NC1=CCC(N)C(N)C1. The monoisotopic (exact) mass is 127 g/mol. The highest BCUT2D eigenvalue weighted by Gasteiger charge is 2.16. The first-order valence-electron chi connectivity index (χ1n) is 3.16. The Hall–Kier alpha value is -0.540. The van der Waals surface area contributed by atoms with Gasteiger partial charge in [0, 0.05) is 24.2 Å². The minimum atomic E-state index is 0.0648. The third-order valence-electron chi connectivity index (χ3n) is 1.67. The maximum absolute atomic E-state index is 5.62. The first-order valence-corrected chi connectivity index (χ1v) is 3.16. The molecule has 3 nitrogen and oxygen atoms in total. The number of nitrogens with two attached hydrogens (primary N) is 3. The van der Waals surface area contributed by atoms with Crippen molar-refractivity contribution >= 4 is 0 Å². The summed E-state index contributed by atoms with van der Waals surface area (Å²) in [6.45, 7) is 0. The lowest BCUT2D eigenvalue weighted by Gasteiger charge is -2.23. The van der Waals surface area contributed by atoms with Gasteiger partial charge in [-0.3, -0.25) is 0 Å². The van der Waals surface area contributed by atoms with Crippen LogP contribution in [0.2, 0.25) is 0 Å². The highest BCUT2D eigenvalue weighted by atomic mass is 14.8. The highest BCUT2D eigenvalue weighted by Crippen LogP contribution is 2.10. The van der Waals surface area contributed by atoms with Crippen LogP contribution in [0.5, 0.6) is 0 Å². The van der Waals surface area contributed by atoms with E-state index in [2.05, 4.69) is 0 Å². The van der Waals surface area contributed by atoms with E-state index in [0.29, 0.717) is 0 Å². The zero-order valence-corrected chi connectivity index (χ0v) is 5.38. The van der Waals surface area contributed by atoms with Crippen molar-refractivity contribution in [3.63, 3.8) is 0 Å². The second kappa shape index (κ2) is 2.37. The second-order valence-corrected chi connectivity index (χ2v) is 2.55. The van der Waals surface area contributed by atoms with Crippen LogP contribution in [0.25, 0.3) is 0 Å². The van der Waals surface area contributed by atoms with Gasteiger partial charge < -0.3 is 17.2 Å². The number of hydrogen-bond acceptors (Lipinski definition) is 3. The van der Waals surface area contributed by atoms with Gasteiger partial charge in [0.05, 0.1) is 0 Å². The van der Waals surface area contributed by atoms with Gasteiger partial charge in [-0.2, -0.15) is 0 Å². The van der Waals surface area contributed by atoms with Gasteiger partial charge >= 0.3 is 0 Å². The summed E-state index contributed by atoms with van der Waals surface area (Å²) in [5.41, 5.74) is 17.6. The quantitative estimate of drug-likeness (QED) is 0.401. The lowest BCUT2D eigenvalue weighted by atomic mass is 9.96. The van der Waals surface area contributed by atoms with Gasteiger partial charge in [0.25, 0.3) is 0 Å². The van der Waals surface area contributed by atoms with Gasteiger partial charge in [0.15, 0.2) is 0 Å². The predicted molar refractivity (Wildman–Crippen MR) is 37.5 cm³/mol. The molecule has 52 valence electrons. The maximum Gasteiger partial charge on any atom is 0.0250 e. The number of rotatable bonds is 0. The summed E-state index contributed by atoms with van der Waals surface area (Å²) >= 11 is 0. The third-order valence-corrected chi connectivity index (χ3v) is 1.67. The topological polar surface area (TPSA) is 78.1 Å². The molecule has 9 heavy (non-hydrogen) atoms. The Bertz CT molecular complexity index is 130. The molecule has 0 aromatic rings. The zero-order chi connectivity index (χ0) is 6.85. The molecule has 1 aliphatic rings. The van der Waals surface area contributed by atoms with Crippen LogP contribution in [0.1, 0.15) is 12.8 Å². The Balaban J connectivity index is 2.54. The molecule has 0 bridgehead atoms. The molecule has 0 radical (unpaired) electrons.